The smallest absolute Gasteiger partial charge is 0.243 e. The maximum absolute atomic E-state index is 12.8. The van der Waals surface area contributed by atoms with E-state index in [4.69, 9.17) is 27.7 Å². The van der Waals surface area contributed by atoms with Crippen molar-refractivity contribution in [2.45, 2.75) is 36.6 Å². The maximum Gasteiger partial charge on any atom is 0.243 e. The lowest BCUT2D eigenvalue weighted by atomic mass is 10.2. The van der Waals surface area contributed by atoms with Crippen LogP contribution in [0.25, 0.3) is 0 Å². The quantitative estimate of drug-likeness (QED) is 0.723. The van der Waals surface area contributed by atoms with Crippen LogP contribution >= 0.6 is 23.2 Å². The summed E-state index contributed by atoms with van der Waals surface area (Å²) in [6, 6.07) is 4.34. The minimum absolute atomic E-state index is 0.0418. The van der Waals surface area contributed by atoms with Crippen LogP contribution < -0.4 is 0 Å². The molecule has 1 atom stereocenters. The Kier molecular flexibility index (Phi) is 5.20. The number of hydrogen-bond acceptors (Lipinski definition) is 6. The van der Waals surface area contributed by atoms with E-state index in [1.807, 2.05) is 6.92 Å². The van der Waals surface area contributed by atoms with Crippen molar-refractivity contribution in [2.75, 3.05) is 26.2 Å². The van der Waals surface area contributed by atoms with Gasteiger partial charge in [-0.05, 0) is 38.0 Å². The number of rotatable bonds is 5. The van der Waals surface area contributed by atoms with Crippen LogP contribution in [0.1, 0.15) is 43.4 Å². The summed E-state index contributed by atoms with van der Waals surface area (Å²) >= 11 is 11.9. The normalized spacial score (nSPS) is 20.7. The van der Waals surface area contributed by atoms with Crippen LogP contribution in [-0.2, 0) is 10.0 Å². The van der Waals surface area contributed by atoms with Crippen LogP contribution in [0, 0.1) is 0 Å². The molecule has 10 heteroatoms. The fourth-order valence-electron chi connectivity index (χ4n) is 3.20. The van der Waals surface area contributed by atoms with Gasteiger partial charge in [-0.15, -0.1) is 0 Å². The minimum Gasteiger partial charge on any atom is -0.338 e. The lowest BCUT2D eigenvalue weighted by Crippen LogP contribution is -2.49. The molecule has 27 heavy (non-hydrogen) atoms. The van der Waals surface area contributed by atoms with E-state index in [0.29, 0.717) is 43.0 Å². The first kappa shape index (κ1) is 19.1. The molecule has 0 amide bonds. The molecule has 0 unspecified atom stereocenters. The average molecular weight is 431 g/mol. The topological polar surface area (TPSA) is 79.5 Å². The third-order valence-electron chi connectivity index (χ3n) is 5.11. The van der Waals surface area contributed by atoms with Crippen LogP contribution in [0.2, 0.25) is 10.0 Å². The van der Waals surface area contributed by atoms with Crippen LogP contribution in [0.15, 0.2) is 27.6 Å². The van der Waals surface area contributed by atoms with Crippen LogP contribution in [0.4, 0.5) is 0 Å². The number of aromatic nitrogens is 2. The van der Waals surface area contributed by atoms with Gasteiger partial charge in [0.15, 0.2) is 5.82 Å². The standard InChI is InChI=1S/C17H20Cl2N4O3S/c1-11(17-20-16(21-26-17)12-2-3-12)22-6-8-23(9-7-22)27(24,25)13-4-5-14(18)15(19)10-13/h4-5,10-12H,2-3,6-9H2,1H3/t11-/m0/s1. The predicted octanol–water partition coefficient (Wildman–Crippen LogP) is 3.32. The molecule has 146 valence electrons. The van der Waals surface area contributed by atoms with Gasteiger partial charge in [-0.2, -0.15) is 9.29 Å². The summed E-state index contributed by atoms with van der Waals surface area (Å²) in [7, 11) is -3.60. The zero-order valence-electron chi connectivity index (χ0n) is 14.8. The first-order valence-electron chi connectivity index (χ1n) is 8.89. The Morgan fingerprint density at radius 1 is 1.15 bits per heavy atom. The second-order valence-corrected chi connectivity index (χ2v) is 9.71. The van der Waals surface area contributed by atoms with E-state index in [-0.39, 0.29) is 16.0 Å². The van der Waals surface area contributed by atoms with Gasteiger partial charge in [0.05, 0.1) is 21.0 Å². The second kappa shape index (κ2) is 7.33. The van der Waals surface area contributed by atoms with Crippen molar-refractivity contribution in [3.05, 3.63) is 40.0 Å². The third-order valence-corrected chi connectivity index (χ3v) is 7.74. The highest BCUT2D eigenvalue weighted by Gasteiger charge is 2.34. The van der Waals surface area contributed by atoms with Crippen molar-refractivity contribution in [3.8, 4) is 0 Å². The summed E-state index contributed by atoms with van der Waals surface area (Å²) in [4.78, 5) is 6.82. The van der Waals surface area contributed by atoms with E-state index in [1.165, 1.54) is 22.5 Å². The summed E-state index contributed by atoms with van der Waals surface area (Å²) in [5.74, 6) is 1.83. The highest BCUT2D eigenvalue weighted by atomic mass is 35.5. The Labute approximate surface area is 168 Å². The number of piperazine rings is 1. The molecule has 0 N–H and O–H groups in total. The molecule has 1 aromatic heterocycles. The number of benzene rings is 1. The van der Waals surface area contributed by atoms with E-state index in [1.54, 1.807) is 0 Å². The monoisotopic (exact) mass is 430 g/mol. The average Bonchev–Trinajstić information content (AvgIpc) is 3.40. The van der Waals surface area contributed by atoms with Gasteiger partial charge in [0, 0.05) is 32.1 Å². The number of hydrogen-bond donors (Lipinski definition) is 0. The van der Waals surface area contributed by atoms with Crippen molar-refractivity contribution in [1.29, 1.82) is 0 Å². The maximum atomic E-state index is 12.8. The molecule has 1 saturated heterocycles. The van der Waals surface area contributed by atoms with Gasteiger partial charge in [-0.25, -0.2) is 8.42 Å². The molecule has 1 aliphatic carbocycles. The molecule has 1 saturated carbocycles. The molecule has 2 aromatic rings. The first-order valence-corrected chi connectivity index (χ1v) is 11.1. The lowest BCUT2D eigenvalue weighted by Gasteiger charge is -2.36. The van der Waals surface area contributed by atoms with Gasteiger partial charge in [0.1, 0.15) is 0 Å². The van der Waals surface area contributed by atoms with Gasteiger partial charge in [-0.1, -0.05) is 28.4 Å². The molecule has 1 aromatic carbocycles. The Morgan fingerprint density at radius 2 is 1.85 bits per heavy atom. The molecule has 0 bridgehead atoms. The van der Waals surface area contributed by atoms with Gasteiger partial charge in [0.25, 0.3) is 0 Å². The van der Waals surface area contributed by atoms with E-state index < -0.39 is 10.0 Å². The van der Waals surface area contributed by atoms with Crippen molar-refractivity contribution < 1.29 is 12.9 Å². The molecule has 7 nitrogen and oxygen atoms in total. The molecule has 0 spiro atoms. The Bertz CT molecular complexity index is 937. The first-order chi connectivity index (χ1) is 12.9. The van der Waals surface area contributed by atoms with Gasteiger partial charge in [-0.3, -0.25) is 4.90 Å². The summed E-state index contributed by atoms with van der Waals surface area (Å²) < 4.78 is 32.6. The van der Waals surface area contributed by atoms with Crippen molar-refractivity contribution >= 4 is 33.2 Å². The lowest BCUT2D eigenvalue weighted by molar-refractivity contribution is 0.124. The second-order valence-electron chi connectivity index (χ2n) is 6.96. The summed E-state index contributed by atoms with van der Waals surface area (Å²) in [5.41, 5.74) is 0. The van der Waals surface area contributed by atoms with Crippen LogP contribution in [0.5, 0.6) is 0 Å². The Hall–Kier alpha value is -1.19. The van der Waals surface area contributed by atoms with E-state index in [2.05, 4.69) is 15.0 Å². The van der Waals surface area contributed by atoms with Gasteiger partial charge in [0.2, 0.25) is 15.9 Å². The molecule has 2 heterocycles. The van der Waals surface area contributed by atoms with E-state index in [0.717, 1.165) is 18.7 Å². The van der Waals surface area contributed by atoms with Crippen LogP contribution in [-0.4, -0.2) is 53.9 Å². The predicted molar refractivity (Wildman–Crippen MR) is 101 cm³/mol. The van der Waals surface area contributed by atoms with Crippen molar-refractivity contribution in [2.24, 2.45) is 0 Å². The fraction of sp³-hybridized carbons (Fsp3) is 0.529. The molecule has 2 fully saturated rings. The Morgan fingerprint density at radius 3 is 2.48 bits per heavy atom. The zero-order valence-corrected chi connectivity index (χ0v) is 17.1. The Balaban J connectivity index is 1.42. The molecular formula is C17H20Cl2N4O3S. The van der Waals surface area contributed by atoms with Crippen molar-refractivity contribution in [3.63, 3.8) is 0 Å². The molecule has 4 rings (SSSR count). The van der Waals surface area contributed by atoms with E-state index >= 15 is 0 Å². The largest absolute Gasteiger partial charge is 0.338 e. The number of sulfonamides is 1. The summed E-state index contributed by atoms with van der Waals surface area (Å²) in [6.07, 6.45) is 2.25. The van der Waals surface area contributed by atoms with Gasteiger partial charge < -0.3 is 4.52 Å². The van der Waals surface area contributed by atoms with Gasteiger partial charge >= 0.3 is 0 Å². The van der Waals surface area contributed by atoms with Crippen LogP contribution in [0.3, 0.4) is 0 Å². The molecule has 1 aliphatic heterocycles. The molecule has 2 aliphatic rings. The number of nitrogens with zero attached hydrogens (tertiary/aromatic N) is 4. The van der Waals surface area contributed by atoms with Crippen molar-refractivity contribution in [1.82, 2.24) is 19.3 Å². The summed E-state index contributed by atoms with van der Waals surface area (Å²) in [6.45, 7) is 3.95. The summed E-state index contributed by atoms with van der Waals surface area (Å²) in [5, 5.41) is 4.62. The number of halogens is 2. The molecular weight excluding hydrogens is 411 g/mol. The highest BCUT2D eigenvalue weighted by Crippen LogP contribution is 2.38. The van der Waals surface area contributed by atoms with E-state index in [9.17, 15) is 8.42 Å². The SMILES string of the molecule is C[C@@H](c1nc(C2CC2)no1)N1CCN(S(=O)(=O)c2ccc(Cl)c(Cl)c2)CC1. The third kappa shape index (κ3) is 3.86. The highest BCUT2D eigenvalue weighted by molar-refractivity contribution is 7.89. The zero-order chi connectivity index (χ0) is 19.2. The molecule has 0 radical (unpaired) electrons. The minimum atomic E-state index is -3.60. The fourth-order valence-corrected chi connectivity index (χ4v) is 5.01.